The number of hydrogen-bond donors (Lipinski definition) is 0. The van der Waals surface area contributed by atoms with E-state index in [1.807, 2.05) is 23.1 Å². The fraction of sp³-hybridized carbons (Fsp3) is 0.421. The summed E-state index contributed by atoms with van der Waals surface area (Å²) in [6.45, 7) is 2.23. The normalized spacial score (nSPS) is 16.2. The number of aromatic nitrogens is 1. The van der Waals surface area contributed by atoms with Gasteiger partial charge in [-0.15, -0.1) is 0 Å². The van der Waals surface area contributed by atoms with E-state index in [2.05, 4.69) is 0 Å². The van der Waals surface area contributed by atoms with Crippen molar-refractivity contribution in [2.24, 2.45) is 5.92 Å². The molecule has 2 aliphatic heterocycles. The number of ether oxygens (including phenoxy) is 3. The molecular formula is C19H21N3O6. The molecular weight excluding hydrogens is 366 g/mol. The van der Waals surface area contributed by atoms with Gasteiger partial charge in [0.25, 0.3) is 11.5 Å². The van der Waals surface area contributed by atoms with Crippen LogP contribution in [0.5, 0.6) is 17.2 Å². The van der Waals surface area contributed by atoms with E-state index in [0.29, 0.717) is 41.9 Å². The highest BCUT2D eigenvalue weighted by atomic mass is 16.7. The predicted molar refractivity (Wildman–Crippen MR) is 99.7 cm³/mol. The van der Waals surface area contributed by atoms with E-state index < -0.39 is 4.92 Å². The summed E-state index contributed by atoms with van der Waals surface area (Å²) in [7, 11) is 0. The Morgan fingerprint density at radius 1 is 1.18 bits per heavy atom. The van der Waals surface area contributed by atoms with E-state index in [4.69, 9.17) is 14.2 Å². The number of piperidine rings is 1. The Bertz CT molecular complexity index is 867. The first-order valence-electron chi connectivity index (χ1n) is 9.25. The van der Waals surface area contributed by atoms with Gasteiger partial charge in [0.05, 0.1) is 30.7 Å². The van der Waals surface area contributed by atoms with E-state index in [0.717, 1.165) is 30.8 Å². The van der Waals surface area contributed by atoms with E-state index in [1.165, 1.54) is 18.3 Å². The Labute approximate surface area is 161 Å². The van der Waals surface area contributed by atoms with Crippen molar-refractivity contribution < 1.29 is 23.9 Å². The van der Waals surface area contributed by atoms with Crippen LogP contribution in [0.1, 0.15) is 19.3 Å². The van der Waals surface area contributed by atoms with Gasteiger partial charge >= 0.3 is 0 Å². The van der Waals surface area contributed by atoms with Gasteiger partial charge in [0.2, 0.25) is 6.79 Å². The number of benzene rings is 1. The minimum Gasteiger partial charge on any atom is -0.711 e. The van der Waals surface area contributed by atoms with Gasteiger partial charge in [-0.25, -0.2) is 4.73 Å². The first kappa shape index (κ1) is 18.1. The van der Waals surface area contributed by atoms with Gasteiger partial charge < -0.3 is 19.4 Å². The van der Waals surface area contributed by atoms with E-state index in [9.17, 15) is 15.3 Å². The maximum Gasteiger partial charge on any atom is 0.286 e. The Balaban J connectivity index is 1.27. The van der Waals surface area contributed by atoms with Crippen molar-refractivity contribution >= 4 is 11.5 Å². The predicted octanol–water partition coefficient (Wildman–Crippen LogP) is 2.64. The second-order valence-electron chi connectivity index (χ2n) is 6.91. The Kier molecular flexibility index (Phi) is 5.05. The third-order valence-electron chi connectivity index (χ3n) is 5.17. The van der Waals surface area contributed by atoms with Crippen molar-refractivity contribution in [2.75, 3.05) is 31.4 Å². The molecule has 0 N–H and O–H groups in total. The first-order chi connectivity index (χ1) is 13.6. The van der Waals surface area contributed by atoms with Crippen molar-refractivity contribution in [2.45, 2.75) is 19.3 Å². The van der Waals surface area contributed by atoms with Crippen LogP contribution in [-0.2, 0) is 0 Å². The highest BCUT2D eigenvalue weighted by molar-refractivity contribution is 5.47. The molecule has 1 aromatic carbocycles. The molecule has 3 heterocycles. The van der Waals surface area contributed by atoms with Gasteiger partial charge in [0, 0.05) is 6.07 Å². The van der Waals surface area contributed by atoms with Crippen LogP contribution in [0.4, 0.5) is 11.5 Å². The van der Waals surface area contributed by atoms with Gasteiger partial charge in [-0.2, -0.15) is 0 Å². The molecule has 2 aromatic rings. The second-order valence-corrected chi connectivity index (χ2v) is 6.91. The van der Waals surface area contributed by atoms with Crippen molar-refractivity contribution in [1.29, 1.82) is 0 Å². The lowest BCUT2D eigenvalue weighted by Gasteiger charge is -2.29. The average Bonchev–Trinajstić information content (AvgIpc) is 3.17. The summed E-state index contributed by atoms with van der Waals surface area (Å²) < 4.78 is 17.1. The number of fused-ring (bicyclic) bond motifs is 1. The van der Waals surface area contributed by atoms with E-state index in [-0.39, 0.29) is 12.5 Å². The molecule has 0 amide bonds. The topological polar surface area (TPSA) is 101 Å². The minimum absolute atomic E-state index is 0.0682. The van der Waals surface area contributed by atoms with Gasteiger partial charge in [-0.05, 0) is 37.3 Å². The third-order valence-corrected chi connectivity index (χ3v) is 5.17. The molecule has 0 saturated carbocycles. The van der Waals surface area contributed by atoms with Gasteiger partial charge in [-0.1, -0.05) is 0 Å². The lowest BCUT2D eigenvalue weighted by atomic mass is 9.94. The number of pyridine rings is 1. The van der Waals surface area contributed by atoms with Crippen LogP contribution in [0.25, 0.3) is 0 Å². The number of nitro groups is 1. The molecule has 9 heteroatoms. The van der Waals surface area contributed by atoms with Crippen LogP contribution in [0, 0.1) is 21.2 Å². The highest BCUT2D eigenvalue weighted by Gasteiger charge is 2.27. The molecule has 0 atom stereocenters. The van der Waals surface area contributed by atoms with Crippen molar-refractivity contribution in [1.82, 2.24) is 0 Å². The molecule has 0 radical (unpaired) electrons. The molecule has 0 unspecified atom stereocenters. The summed E-state index contributed by atoms with van der Waals surface area (Å²) in [5, 5.41) is 22.9. The van der Waals surface area contributed by atoms with Crippen LogP contribution in [-0.4, -0.2) is 31.4 Å². The monoisotopic (exact) mass is 387 g/mol. The zero-order valence-corrected chi connectivity index (χ0v) is 15.3. The van der Waals surface area contributed by atoms with Gasteiger partial charge in [0.15, 0.2) is 11.5 Å². The number of anilines is 1. The molecule has 148 valence electrons. The summed E-state index contributed by atoms with van der Waals surface area (Å²) in [5.41, 5.74) is -0.0682. The summed E-state index contributed by atoms with van der Waals surface area (Å²) in [4.78, 5) is 12.4. The zero-order chi connectivity index (χ0) is 19.5. The molecule has 4 rings (SSSR count). The summed E-state index contributed by atoms with van der Waals surface area (Å²) in [6.07, 6.45) is 3.92. The molecule has 0 spiro atoms. The summed E-state index contributed by atoms with van der Waals surface area (Å²) >= 11 is 0. The molecule has 0 aliphatic carbocycles. The van der Waals surface area contributed by atoms with Crippen LogP contribution < -0.4 is 23.8 Å². The molecule has 0 bridgehead atoms. The standard InChI is InChI=1S/C19H21N3O6/c23-21-9-5-15(22(24)25)11-19(21)20-7-3-14(4-8-20)6-10-26-16-1-2-17-18(12-16)28-13-27-17/h1-2,5,9,11-12,14H,3-4,6-8,10,13H2. The highest BCUT2D eigenvalue weighted by Crippen LogP contribution is 2.35. The molecule has 1 fully saturated rings. The largest absolute Gasteiger partial charge is 0.711 e. The molecule has 1 saturated heterocycles. The van der Waals surface area contributed by atoms with Crippen LogP contribution in [0.15, 0.2) is 36.5 Å². The van der Waals surface area contributed by atoms with E-state index >= 15 is 0 Å². The molecule has 9 nitrogen and oxygen atoms in total. The Morgan fingerprint density at radius 3 is 2.75 bits per heavy atom. The fourth-order valence-electron chi connectivity index (χ4n) is 3.57. The number of hydrogen-bond acceptors (Lipinski definition) is 7. The van der Waals surface area contributed by atoms with Crippen LogP contribution >= 0.6 is 0 Å². The Hall–Kier alpha value is -3.23. The van der Waals surface area contributed by atoms with Crippen molar-refractivity contribution in [3.63, 3.8) is 0 Å². The lowest BCUT2D eigenvalue weighted by Crippen LogP contribution is -2.42. The minimum atomic E-state index is -0.482. The smallest absolute Gasteiger partial charge is 0.286 e. The summed E-state index contributed by atoms with van der Waals surface area (Å²) in [6, 6.07) is 8.10. The van der Waals surface area contributed by atoms with Gasteiger partial charge in [0.1, 0.15) is 18.0 Å². The molecule has 1 aromatic heterocycles. The van der Waals surface area contributed by atoms with Crippen molar-refractivity contribution in [3.8, 4) is 17.2 Å². The second kappa shape index (κ2) is 7.79. The van der Waals surface area contributed by atoms with Crippen LogP contribution in [0.3, 0.4) is 0 Å². The molecule has 28 heavy (non-hydrogen) atoms. The van der Waals surface area contributed by atoms with E-state index in [1.54, 1.807) is 0 Å². The maximum atomic E-state index is 12.0. The number of nitrogens with zero attached hydrogens (tertiary/aromatic N) is 3. The average molecular weight is 387 g/mol. The van der Waals surface area contributed by atoms with Crippen molar-refractivity contribution in [3.05, 3.63) is 51.9 Å². The first-order valence-corrected chi connectivity index (χ1v) is 9.25. The van der Waals surface area contributed by atoms with Crippen LogP contribution in [0.2, 0.25) is 0 Å². The zero-order valence-electron chi connectivity index (χ0n) is 15.3. The quantitative estimate of drug-likeness (QED) is 0.325. The fourth-order valence-corrected chi connectivity index (χ4v) is 3.57. The summed E-state index contributed by atoms with van der Waals surface area (Å²) in [5.74, 6) is 3.02. The maximum absolute atomic E-state index is 12.0. The molecule has 2 aliphatic rings. The number of rotatable bonds is 6. The third kappa shape index (κ3) is 3.88. The Morgan fingerprint density at radius 2 is 1.96 bits per heavy atom. The van der Waals surface area contributed by atoms with Gasteiger partial charge in [-0.3, -0.25) is 15.0 Å². The lowest BCUT2D eigenvalue weighted by molar-refractivity contribution is -0.593. The SMILES string of the molecule is O=[N+]([O-])c1cc[n+]([O-])c(N2CCC(CCOc3ccc4c(c3)OCO4)CC2)c1.